The van der Waals surface area contributed by atoms with E-state index in [-0.39, 0.29) is 12.5 Å². The average molecular weight is 768 g/mol. The molecule has 0 rings (SSSR count). The van der Waals surface area contributed by atoms with Crippen molar-refractivity contribution in [3.8, 4) is 0 Å². The minimum absolute atomic E-state index is 0.0713. The van der Waals surface area contributed by atoms with Gasteiger partial charge < -0.3 is 15.5 Å². The second-order valence-electron chi connectivity index (χ2n) is 16.1. The van der Waals surface area contributed by atoms with Gasteiger partial charge in [-0.05, 0) is 51.4 Å². The average Bonchev–Trinajstić information content (AvgIpc) is 3.19. The summed E-state index contributed by atoms with van der Waals surface area (Å²) in [5.74, 6) is -0.0713. The molecule has 2 atom stereocenters. The Balaban J connectivity index is 3.30. The number of carbonyl (C=O) groups excluding carboxylic acids is 1. The Morgan fingerprint density at radius 1 is 0.455 bits per heavy atom. The molecule has 3 N–H and O–H groups in total. The van der Waals surface area contributed by atoms with Crippen LogP contribution in [-0.2, 0) is 4.79 Å². The zero-order chi connectivity index (χ0) is 40.0. The first-order chi connectivity index (χ1) is 27.2. The molecule has 0 aromatic rings. The number of allylic oxidation sites excluding steroid dienone is 9. The van der Waals surface area contributed by atoms with Crippen molar-refractivity contribution in [1.29, 1.82) is 0 Å². The third-order valence-electron chi connectivity index (χ3n) is 10.8. The van der Waals surface area contributed by atoms with Gasteiger partial charge in [-0.25, -0.2) is 0 Å². The van der Waals surface area contributed by atoms with E-state index in [0.717, 1.165) is 57.8 Å². The Bertz CT molecular complexity index is 919. The summed E-state index contributed by atoms with van der Waals surface area (Å²) in [4.78, 5) is 12.2. The minimum Gasteiger partial charge on any atom is -0.394 e. The van der Waals surface area contributed by atoms with Crippen LogP contribution in [0.1, 0.15) is 239 Å². The molecular formula is C51H93NO3. The predicted octanol–water partition coefficient (Wildman–Crippen LogP) is 15.3. The molecule has 0 bridgehead atoms. The molecule has 0 heterocycles. The van der Waals surface area contributed by atoms with Crippen LogP contribution in [-0.4, -0.2) is 34.9 Å². The fraction of sp³-hybridized carbons (Fsp3) is 0.784. The zero-order valence-electron chi connectivity index (χ0n) is 36.7. The minimum atomic E-state index is -0.833. The summed E-state index contributed by atoms with van der Waals surface area (Å²) in [6, 6.07) is -0.616. The van der Waals surface area contributed by atoms with Crippen LogP contribution in [0.5, 0.6) is 0 Å². The molecule has 0 aromatic heterocycles. The van der Waals surface area contributed by atoms with E-state index >= 15 is 0 Å². The van der Waals surface area contributed by atoms with E-state index in [0.29, 0.717) is 6.42 Å². The predicted molar refractivity (Wildman–Crippen MR) is 244 cm³/mol. The highest BCUT2D eigenvalue weighted by Gasteiger charge is 2.17. The van der Waals surface area contributed by atoms with Gasteiger partial charge in [0.2, 0.25) is 5.91 Å². The van der Waals surface area contributed by atoms with Gasteiger partial charge in [0.25, 0.3) is 0 Å². The zero-order valence-corrected chi connectivity index (χ0v) is 36.7. The first-order valence-electron chi connectivity index (χ1n) is 24.0. The molecule has 0 radical (unpaired) electrons. The van der Waals surface area contributed by atoms with E-state index in [1.54, 1.807) is 6.08 Å². The number of amides is 1. The van der Waals surface area contributed by atoms with Crippen LogP contribution in [0.15, 0.2) is 60.8 Å². The highest BCUT2D eigenvalue weighted by atomic mass is 16.3. The number of rotatable bonds is 43. The van der Waals surface area contributed by atoms with Crippen molar-refractivity contribution in [2.45, 2.75) is 251 Å². The lowest BCUT2D eigenvalue weighted by Crippen LogP contribution is -2.45. The highest BCUT2D eigenvalue weighted by Crippen LogP contribution is 2.16. The Morgan fingerprint density at radius 2 is 0.800 bits per heavy atom. The van der Waals surface area contributed by atoms with Crippen LogP contribution in [0.4, 0.5) is 0 Å². The number of hydrogen-bond donors (Lipinski definition) is 3. The molecule has 55 heavy (non-hydrogen) atoms. The number of aliphatic hydroxyl groups is 2. The van der Waals surface area contributed by atoms with Crippen LogP contribution in [0, 0.1) is 0 Å². The van der Waals surface area contributed by atoms with E-state index in [9.17, 15) is 15.0 Å². The summed E-state index contributed by atoms with van der Waals surface area (Å²) in [5.41, 5.74) is 0. The molecule has 320 valence electrons. The highest BCUT2D eigenvalue weighted by molar-refractivity contribution is 5.76. The number of hydrogen-bond acceptors (Lipinski definition) is 3. The number of nitrogens with one attached hydrogen (secondary N) is 1. The van der Waals surface area contributed by atoms with Crippen LogP contribution < -0.4 is 5.32 Å². The Morgan fingerprint density at radius 3 is 1.18 bits per heavy atom. The van der Waals surface area contributed by atoms with Crippen molar-refractivity contribution < 1.29 is 15.0 Å². The standard InChI is InChI=1S/C51H93NO3/c1-3-5-7-9-10-11-12-13-14-15-16-17-18-19-20-21-22-23-24-25-26-27-28-29-30-31-32-33-34-35-36-37-38-39-40-41-42-43-45-47-51(55)52-49(48-53)50(54)46-44-8-6-4-2/h5,7,10-11,13-14,16-17,44,46,49-50,53-54H,3-4,6,8-9,12,15,18-43,45,47-48H2,1-2H3,(H,52,55)/b7-5-,11-10-,14-13-,17-16-,46-44+. The van der Waals surface area contributed by atoms with Gasteiger partial charge >= 0.3 is 0 Å². The lowest BCUT2D eigenvalue weighted by atomic mass is 10.0. The summed E-state index contributed by atoms with van der Waals surface area (Å²) in [5, 5.41) is 22.5. The Hall–Kier alpha value is -1.91. The number of carbonyl (C=O) groups is 1. The van der Waals surface area contributed by atoms with Gasteiger partial charge in [0.15, 0.2) is 0 Å². The molecule has 4 heteroatoms. The monoisotopic (exact) mass is 768 g/mol. The molecule has 0 saturated heterocycles. The molecule has 0 aliphatic heterocycles. The maximum Gasteiger partial charge on any atom is 0.220 e. The van der Waals surface area contributed by atoms with Gasteiger partial charge in [0, 0.05) is 6.42 Å². The van der Waals surface area contributed by atoms with Crippen LogP contribution in [0.3, 0.4) is 0 Å². The summed E-state index contributed by atoms with van der Waals surface area (Å²) < 4.78 is 0. The van der Waals surface area contributed by atoms with E-state index < -0.39 is 12.1 Å². The molecule has 1 amide bonds. The maximum absolute atomic E-state index is 12.2. The molecule has 0 aliphatic carbocycles. The summed E-state index contributed by atoms with van der Waals surface area (Å²) >= 11 is 0. The normalized spacial score (nSPS) is 13.5. The lowest BCUT2D eigenvalue weighted by molar-refractivity contribution is -0.123. The van der Waals surface area contributed by atoms with E-state index in [1.165, 1.54) is 161 Å². The van der Waals surface area contributed by atoms with Crippen molar-refractivity contribution in [3.63, 3.8) is 0 Å². The number of aliphatic hydroxyl groups excluding tert-OH is 2. The third kappa shape index (κ3) is 43.1. The second kappa shape index (κ2) is 46.5. The van der Waals surface area contributed by atoms with Crippen molar-refractivity contribution in [2.24, 2.45) is 0 Å². The summed E-state index contributed by atoms with van der Waals surface area (Å²) in [6.07, 6.45) is 65.7. The van der Waals surface area contributed by atoms with Crippen molar-refractivity contribution >= 4 is 5.91 Å². The molecule has 2 unspecified atom stereocenters. The van der Waals surface area contributed by atoms with Crippen LogP contribution in [0.2, 0.25) is 0 Å². The lowest BCUT2D eigenvalue weighted by Gasteiger charge is -2.19. The topological polar surface area (TPSA) is 69.6 Å². The van der Waals surface area contributed by atoms with Gasteiger partial charge in [-0.2, -0.15) is 0 Å². The molecule has 4 nitrogen and oxygen atoms in total. The van der Waals surface area contributed by atoms with E-state index in [4.69, 9.17) is 0 Å². The molecule has 0 aliphatic rings. The Kier molecular flexibility index (Phi) is 44.9. The largest absolute Gasteiger partial charge is 0.394 e. The third-order valence-corrected chi connectivity index (χ3v) is 10.8. The maximum atomic E-state index is 12.2. The van der Waals surface area contributed by atoms with E-state index in [2.05, 4.69) is 67.8 Å². The molecular weight excluding hydrogens is 675 g/mol. The molecule has 0 saturated carbocycles. The van der Waals surface area contributed by atoms with Gasteiger partial charge in [0.05, 0.1) is 18.8 Å². The van der Waals surface area contributed by atoms with E-state index in [1.807, 2.05) is 6.08 Å². The second-order valence-corrected chi connectivity index (χ2v) is 16.1. The van der Waals surface area contributed by atoms with Crippen LogP contribution >= 0.6 is 0 Å². The quantitative estimate of drug-likeness (QED) is 0.0427. The van der Waals surface area contributed by atoms with Crippen molar-refractivity contribution in [1.82, 2.24) is 5.32 Å². The summed E-state index contributed by atoms with van der Waals surface area (Å²) in [7, 11) is 0. The van der Waals surface area contributed by atoms with Gasteiger partial charge in [-0.15, -0.1) is 0 Å². The molecule has 0 fully saturated rings. The first kappa shape index (κ1) is 53.1. The van der Waals surface area contributed by atoms with Crippen molar-refractivity contribution in [3.05, 3.63) is 60.8 Å². The fourth-order valence-corrected chi connectivity index (χ4v) is 7.10. The van der Waals surface area contributed by atoms with Gasteiger partial charge in [-0.1, -0.05) is 242 Å². The van der Waals surface area contributed by atoms with Gasteiger partial charge in [-0.3, -0.25) is 4.79 Å². The van der Waals surface area contributed by atoms with Gasteiger partial charge in [0.1, 0.15) is 0 Å². The molecule has 0 aromatic carbocycles. The Labute approximate surface area is 343 Å². The van der Waals surface area contributed by atoms with Crippen LogP contribution in [0.25, 0.3) is 0 Å². The number of unbranched alkanes of at least 4 members (excludes halogenated alkanes) is 28. The fourth-order valence-electron chi connectivity index (χ4n) is 7.10. The first-order valence-corrected chi connectivity index (χ1v) is 24.0. The van der Waals surface area contributed by atoms with Crippen molar-refractivity contribution in [2.75, 3.05) is 6.61 Å². The SMILES string of the molecule is CC/C=C\C/C=C\C/C=C\C/C=C\CCCCCCCCCCCCCCCCCCCCCCCCCCCCC(=O)NC(CO)C(O)/C=C/CCCC. The summed E-state index contributed by atoms with van der Waals surface area (Å²) in [6.45, 7) is 4.06. The smallest absolute Gasteiger partial charge is 0.220 e. The molecule has 0 spiro atoms.